The van der Waals surface area contributed by atoms with Crippen molar-refractivity contribution in [1.82, 2.24) is 9.78 Å². The predicted molar refractivity (Wildman–Crippen MR) is 92.0 cm³/mol. The lowest BCUT2D eigenvalue weighted by Gasteiger charge is -2.08. The number of sulfone groups is 1. The highest BCUT2D eigenvalue weighted by Crippen LogP contribution is 2.31. The van der Waals surface area contributed by atoms with Crippen LogP contribution in [0.25, 0.3) is 10.9 Å². The maximum atomic E-state index is 11.5. The van der Waals surface area contributed by atoms with Gasteiger partial charge in [-0.25, -0.2) is 13.2 Å². The molecule has 1 N–H and O–H groups in total. The fraction of sp³-hybridized carbons (Fsp3) is 0.176. The number of hydrogen-bond donors (Lipinski definition) is 1. The zero-order valence-corrected chi connectivity index (χ0v) is 14.4. The minimum atomic E-state index is -3.29. The average Bonchev–Trinajstić information content (AvgIpc) is 2.98. The van der Waals surface area contributed by atoms with Crippen molar-refractivity contribution >= 4 is 26.7 Å². The highest BCUT2D eigenvalue weighted by atomic mass is 32.2. The van der Waals surface area contributed by atoms with Crippen LogP contribution >= 0.6 is 0 Å². The summed E-state index contributed by atoms with van der Waals surface area (Å²) in [6, 6.07) is 8.86. The zero-order chi connectivity index (χ0) is 18.2. The van der Waals surface area contributed by atoms with Gasteiger partial charge in [0.05, 0.1) is 21.4 Å². The van der Waals surface area contributed by atoms with Crippen LogP contribution in [0.4, 0.5) is 0 Å². The molecule has 0 fully saturated rings. The third-order valence-electron chi connectivity index (χ3n) is 3.69. The second-order valence-corrected chi connectivity index (χ2v) is 7.56. The number of aromatic nitrogens is 2. The second kappa shape index (κ2) is 6.21. The average molecular weight is 360 g/mol. The van der Waals surface area contributed by atoms with Gasteiger partial charge in [-0.2, -0.15) is 5.10 Å². The van der Waals surface area contributed by atoms with E-state index in [-0.39, 0.29) is 10.5 Å². The van der Waals surface area contributed by atoms with Gasteiger partial charge in [-0.3, -0.25) is 4.68 Å². The molecule has 130 valence electrons. The van der Waals surface area contributed by atoms with Crippen LogP contribution in [-0.2, 0) is 16.4 Å². The van der Waals surface area contributed by atoms with Crippen molar-refractivity contribution in [2.75, 3.05) is 6.26 Å². The molecule has 0 amide bonds. The fourth-order valence-electron chi connectivity index (χ4n) is 2.39. The third kappa shape index (κ3) is 3.48. The van der Waals surface area contributed by atoms with Crippen molar-refractivity contribution in [1.29, 1.82) is 0 Å². The maximum absolute atomic E-state index is 11.5. The summed E-state index contributed by atoms with van der Waals surface area (Å²) in [6.45, 7) is 2.56. The number of hydrogen-bond acceptors (Lipinski definition) is 5. The van der Waals surface area contributed by atoms with E-state index in [0.29, 0.717) is 28.9 Å². The topological polar surface area (TPSA) is 98.5 Å². The summed E-state index contributed by atoms with van der Waals surface area (Å²) >= 11 is 0. The summed E-state index contributed by atoms with van der Waals surface area (Å²) in [5, 5.41) is 14.3. The number of rotatable bonds is 5. The number of benzene rings is 2. The van der Waals surface area contributed by atoms with Gasteiger partial charge in [-0.15, -0.1) is 0 Å². The number of carboxylic acid groups (broad SMARTS) is 1. The Kier molecular flexibility index (Phi) is 4.22. The molecule has 0 aliphatic heterocycles. The molecule has 3 rings (SSSR count). The van der Waals surface area contributed by atoms with Crippen molar-refractivity contribution in [3.05, 3.63) is 48.2 Å². The molecule has 0 aliphatic rings. The van der Waals surface area contributed by atoms with Crippen molar-refractivity contribution in [2.24, 2.45) is 0 Å². The standard InChI is InChI=1S/C17H16N2O5S/c1-3-19-10-14-15(18-19)8-11(17(20)21)9-16(14)24-12-4-6-13(7-5-12)25(2,22)23/h4-10H,3H2,1-2H3,(H,20,21). The lowest BCUT2D eigenvalue weighted by atomic mass is 10.1. The maximum Gasteiger partial charge on any atom is 0.335 e. The van der Waals surface area contributed by atoms with Crippen molar-refractivity contribution < 1.29 is 23.1 Å². The molecular formula is C17H16N2O5S. The molecule has 2 aromatic carbocycles. The van der Waals surface area contributed by atoms with E-state index >= 15 is 0 Å². The Morgan fingerprint density at radius 2 is 1.92 bits per heavy atom. The van der Waals surface area contributed by atoms with Gasteiger partial charge in [0, 0.05) is 19.0 Å². The molecule has 0 bridgehead atoms. The second-order valence-electron chi connectivity index (χ2n) is 5.54. The molecule has 8 heteroatoms. The van der Waals surface area contributed by atoms with Crippen LogP contribution < -0.4 is 4.74 Å². The SMILES string of the molecule is CCn1cc2c(Oc3ccc(S(C)(=O)=O)cc3)cc(C(=O)O)cc2n1. The summed E-state index contributed by atoms with van der Waals surface area (Å²) in [4.78, 5) is 11.5. The fourth-order valence-corrected chi connectivity index (χ4v) is 3.02. The smallest absolute Gasteiger partial charge is 0.335 e. The molecule has 0 spiro atoms. The van der Waals surface area contributed by atoms with E-state index in [1.165, 1.54) is 36.4 Å². The molecule has 25 heavy (non-hydrogen) atoms. The zero-order valence-electron chi connectivity index (χ0n) is 13.6. The first-order valence-electron chi connectivity index (χ1n) is 7.50. The predicted octanol–water partition coefficient (Wildman–Crippen LogP) is 2.95. The van der Waals surface area contributed by atoms with E-state index in [9.17, 15) is 18.3 Å². The Morgan fingerprint density at radius 1 is 1.24 bits per heavy atom. The summed E-state index contributed by atoms with van der Waals surface area (Å²) in [7, 11) is -3.29. The highest BCUT2D eigenvalue weighted by Gasteiger charge is 2.14. The van der Waals surface area contributed by atoms with E-state index < -0.39 is 15.8 Å². The normalized spacial score (nSPS) is 11.6. The van der Waals surface area contributed by atoms with Crippen LogP contribution in [0.2, 0.25) is 0 Å². The number of aromatic carboxylic acids is 1. The third-order valence-corrected chi connectivity index (χ3v) is 4.81. The van der Waals surface area contributed by atoms with Crippen molar-refractivity contribution in [3.8, 4) is 11.5 Å². The van der Waals surface area contributed by atoms with E-state index in [1.54, 1.807) is 10.9 Å². The molecule has 7 nitrogen and oxygen atoms in total. The van der Waals surface area contributed by atoms with Gasteiger partial charge in [0.2, 0.25) is 0 Å². The van der Waals surface area contributed by atoms with Gasteiger partial charge in [-0.1, -0.05) is 0 Å². The van der Waals surface area contributed by atoms with Crippen molar-refractivity contribution in [3.63, 3.8) is 0 Å². The lowest BCUT2D eigenvalue weighted by Crippen LogP contribution is -1.98. The number of nitrogens with zero attached hydrogens (tertiary/aromatic N) is 2. The van der Waals surface area contributed by atoms with Gasteiger partial charge in [0.1, 0.15) is 11.5 Å². The van der Waals surface area contributed by atoms with Gasteiger partial charge in [0.15, 0.2) is 9.84 Å². The van der Waals surface area contributed by atoms with Crippen LogP contribution in [0.1, 0.15) is 17.3 Å². The van der Waals surface area contributed by atoms with Gasteiger partial charge < -0.3 is 9.84 Å². The van der Waals surface area contributed by atoms with Gasteiger partial charge in [0.25, 0.3) is 0 Å². The Labute approximate surface area is 144 Å². The minimum absolute atomic E-state index is 0.0663. The molecule has 0 atom stereocenters. The molecule has 0 radical (unpaired) electrons. The molecule has 3 aromatic rings. The van der Waals surface area contributed by atoms with E-state index in [0.717, 1.165) is 6.26 Å². The number of aryl methyl sites for hydroxylation is 1. The molecule has 0 saturated heterocycles. The van der Waals surface area contributed by atoms with Crippen LogP contribution in [0.3, 0.4) is 0 Å². The largest absolute Gasteiger partial charge is 0.478 e. The first-order chi connectivity index (χ1) is 11.8. The van der Waals surface area contributed by atoms with Crippen LogP contribution in [-0.4, -0.2) is 35.5 Å². The van der Waals surface area contributed by atoms with E-state index in [2.05, 4.69) is 5.10 Å². The monoisotopic (exact) mass is 360 g/mol. The Balaban J connectivity index is 2.05. The van der Waals surface area contributed by atoms with Crippen LogP contribution in [0, 0.1) is 0 Å². The summed E-state index contributed by atoms with van der Waals surface area (Å²) in [6.07, 6.45) is 2.91. The number of carboxylic acids is 1. The number of fused-ring (bicyclic) bond motifs is 1. The molecule has 0 unspecified atom stereocenters. The Hall–Kier alpha value is -2.87. The Morgan fingerprint density at radius 3 is 2.48 bits per heavy atom. The quantitative estimate of drug-likeness (QED) is 0.751. The van der Waals surface area contributed by atoms with Gasteiger partial charge >= 0.3 is 5.97 Å². The first-order valence-corrected chi connectivity index (χ1v) is 9.39. The molecule has 0 aliphatic carbocycles. The van der Waals surface area contributed by atoms with Crippen LogP contribution in [0.5, 0.6) is 11.5 Å². The molecule has 1 aromatic heterocycles. The minimum Gasteiger partial charge on any atom is -0.478 e. The first kappa shape index (κ1) is 17.0. The van der Waals surface area contributed by atoms with E-state index in [1.807, 2.05) is 6.92 Å². The van der Waals surface area contributed by atoms with E-state index in [4.69, 9.17) is 4.74 Å². The Bertz CT molecular complexity index is 1050. The highest BCUT2D eigenvalue weighted by molar-refractivity contribution is 7.90. The summed E-state index contributed by atoms with van der Waals surface area (Å²) in [5.41, 5.74) is 0.584. The lowest BCUT2D eigenvalue weighted by molar-refractivity contribution is 0.0696. The van der Waals surface area contributed by atoms with Gasteiger partial charge in [-0.05, 0) is 43.3 Å². The molecular weight excluding hydrogens is 344 g/mol. The van der Waals surface area contributed by atoms with Crippen LogP contribution in [0.15, 0.2) is 47.5 Å². The summed E-state index contributed by atoms with van der Waals surface area (Å²) in [5.74, 6) is -0.326. The summed E-state index contributed by atoms with van der Waals surface area (Å²) < 4.78 is 30.5. The van der Waals surface area contributed by atoms with Crippen molar-refractivity contribution in [2.45, 2.75) is 18.4 Å². The number of ether oxygens (including phenoxy) is 1. The molecule has 0 saturated carbocycles. The molecule has 1 heterocycles. The number of carbonyl (C=O) groups is 1.